The standard InChI is InChI=1S/C19H29N5O3.HI/c1-3-20-18(21-14-17(25)22-15-8-6-5-7-9-15)23-16-10-12-24(13-11-16)19(26)27-4-2;/h5-9,16H,3-4,10-14H2,1-2H3,(H,22,25)(H2,20,21,23);1H. The zero-order chi connectivity index (χ0) is 19.5. The monoisotopic (exact) mass is 503 g/mol. The summed E-state index contributed by atoms with van der Waals surface area (Å²) < 4.78 is 5.04. The quantitative estimate of drug-likeness (QED) is 0.315. The molecule has 2 rings (SSSR count). The molecule has 1 aromatic carbocycles. The molecular weight excluding hydrogens is 473 g/mol. The van der Waals surface area contributed by atoms with Gasteiger partial charge in [0.05, 0.1) is 6.61 Å². The van der Waals surface area contributed by atoms with E-state index in [-0.39, 0.29) is 48.6 Å². The minimum absolute atomic E-state index is 0. The van der Waals surface area contributed by atoms with Crippen LogP contribution in [-0.4, -0.2) is 61.7 Å². The average Bonchev–Trinajstić information content (AvgIpc) is 2.68. The van der Waals surface area contributed by atoms with E-state index >= 15 is 0 Å². The average molecular weight is 503 g/mol. The van der Waals surface area contributed by atoms with Crippen molar-refractivity contribution < 1.29 is 14.3 Å². The molecule has 3 N–H and O–H groups in total. The first kappa shape index (κ1) is 24.0. The molecule has 8 nitrogen and oxygen atoms in total. The molecule has 0 spiro atoms. The summed E-state index contributed by atoms with van der Waals surface area (Å²) in [4.78, 5) is 29.9. The van der Waals surface area contributed by atoms with Gasteiger partial charge in [0.25, 0.3) is 0 Å². The van der Waals surface area contributed by atoms with E-state index in [1.54, 1.807) is 11.8 Å². The van der Waals surface area contributed by atoms with Crippen molar-refractivity contribution in [2.24, 2.45) is 4.99 Å². The molecule has 0 radical (unpaired) electrons. The molecule has 1 aliphatic heterocycles. The van der Waals surface area contributed by atoms with Crippen molar-refractivity contribution in [2.45, 2.75) is 32.7 Å². The van der Waals surface area contributed by atoms with Gasteiger partial charge in [-0.2, -0.15) is 0 Å². The Hall–Kier alpha value is -2.04. The molecule has 0 aliphatic carbocycles. The zero-order valence-corrected chi connectivity index (χ0v) is 18.8. The number of nitrogens with zero attached hydrogens (tertiary/aromatic N) is 2. The Bertz CT molecular complexity index is 634. The van der Waals surface area contributed by atoms with Crippen LogP contribution in [0.15, 0.2) is 35.3 Å². The van der Waals surface area contributed by atoms with E-state index in [9.17, 15) is 9.59 Å². The number of piperidine rings is 1. The van der Waals surface area contributed by atoms with Crippen molar-refractivity contribution in [3.8, 4) is 0 Å². The number of hydrogen-bond acceptors (Lipinski definition) is 4. The van der Waals surface area contributed by atoms with Crippen LogP contribution in [0.1, 0.15) is 26.7 Å². The summed E-state index contributed by atoms with van der Waals surface area (Å²) in [5, 5.41) is 9.32. The topological polar surface area (TPSA) is 95.1 Å². The van der Waals surface area contributed by atoms with E-state index in [0.29, 0.717) is 32.2 Å². The zero-order valence-electron chi connectivity index (χ0n) is 16.4. The lowest BCUT2D eigenvalue weighted by atomic mass is 10.1. The number of rotatable bonds is 6. The Morgan fingerprint density at radius 1 is 1.18 bits per heavy atom. The number of guanidine groups is 1. The van der Waals surface area contributed by atoms with Crippen LogP contribution in [0.5, 0.6) is 0 Å². The van der Waals surface area contributed by atoms with Gasteiger partial charge in [-0.05, 0) is 38.8 Å². The second-order valence-corrected chi connectivity index (χ2v) is 6.21. The summed E-state index contributed by atoms with van der Waals surface area (Å²) in [7, 11) is 0. The summed E-state index contributed by atoms with van der Waals surface area (Å²) in [6.07, 6.45) is 1.35. The van der Waals surface area contributed by atoms with Gasteiger partial charge in [-0.3, -0.25) is 4.79 Å². The van der Waals surface area contributed by atoms with Gasteiger partial charge >= 0.3 is 6.09 Å². The molecule has 1 aromatic rings. The molecule has 0 saturated carbocycles. The summed E-state index contributed by atoms with van der Waals surface area (Å²) in [6.45, 7) is 6.19. The predicted octanol–water partition coefficient (Wildman–Crippen LogP) is 2.42. The van der Waals surface area contributed by atoms with Crippen LogP contribution in [0.4, 0.5) is 10.5 Å². The molecule has 28 heavy (non-hydrogen) atoms. The van der Waals surface area contributed by atoms with Gasteiger partial charge in [0.2, 0.25) is 5.91 Å². The van der Waals surface area contributed by atoms with Crippen LogP contribution in [0.3, 0.4) is 0 Å². The van der Waals surface area contributed by atoms with Gasteiger partial charge in [-0.15, -0.1) is 24.0 Å². The summed E-state index contributed by atoms with van der Waals surface area (Å²) in [5.74, 6) is 0.436. The van der Waals surface area contributed by atoms with E-state index in [4.69, 9.17) is 4.74 Å². The summed E-state index contributed by atoms with van der Waals surface area (Å²) >= 11 is 0. The first-order chi connectivity index (χ1) is 13.1. The number of carbonyl (C=O) groups is 2. The van der Waals surface area contributed by atoms with E-state index < -0.39 is 0 Å². The van der Waals surface area contributed by atoms with Crippen LogP contribution >= 0.6 is 24.0 Å². The Balaban J connectivity index is 0.00000392. The molecular formula is C19H30IN5O3. The molecule has 1 saturated heterocycles. The third-order valence-corrected chi connectivity index (χ3v) is 4.14. The third-order valence-electron chi connectivity index (χ3n) is 4.14. The van der Waals surface area contributed by atoms with Gasteiger partial charge in [0.15, 0.2) is 5.96 Å². The number of carbonyl (C=O) groups excluding carboxylic acids is 2. The van der Waals surface area contributed by atoms with Gasteiger partial charge in [0, 0.05) is 31.4 Å². The molecule has 0 atom stereocenters. The third kappa shape index (κ3) is 8.32. The Morgan fingerprint density at radius 2 is 1.86 bits per heavy atom. The Labute approximate surface area is 183 Å². The second-order valence-electron chi connectivity index (χ2n) is 6.21. The number of ether oxygens (including phenoxy) is 1. The molecule has 156 valence electrons. The highest BCUT2D eigenvalue weighted by Gasteiger charge is 2.24. The van der Waals surface area contributed by atoms with Crippen LogP contribution in [0.2, 0.25) is 0 Å². The lowest BCUT2D eigenvalue weighted by Gasteiger charge is -2.32. The highest BCUT2D eigenvalue weighted by atomic mass is 127. The minimum atomic E-state index is -0.255. The van der Waals surface area contributed by atoms with Gasteiger partial charge < -0.3 is 25.6 Å². The molecule has 1 aliphatic rings. The Kier molecular flexibility index (Phi) is 11.3. The lowest BCUT2D eigenvalue weighted by Crippen LogP contribution is -2.50. The highest BCUT2D eigenvalue weighted by molar-refractivity contribution is 14.0. The molecule has 2 amide bonds. The van der Waals surface area contributed by atoms with Crippen LogP contribution in [0.25, 0.3) is 0 Å². The molecule has 1 heterocycles. The van der Waals surface area contributed by atoms with Gasteiger partial charge in [-0.25, -0.2) is 9.79 Å². The smallest absolute Gasteiger partial charge is 0.409 e. The molecule has 0 aromatic heterocycles. The maximum Gasteiger partial charge on any atom is 0.409 e. The molecule has 1 fully saturated rings. The fourth-order valence-electron chi connectivity index (χ4n) is 2.81. The number of benzene rings is 1. The number of anilines is 1. The summed E-state index contributed by atoms with van der Waals surface area (Å²) in [6, 6.07) is 9.50. The first-order valence-corrected chi connectivity index (χ1v) is 9.43. The van der Waals surface area contributed by atoms with E-state index in [0.717, 1.165) is 18.5 Å². The van der Waals surface area contributed by atoms with E-state index in [1.807, 2.05) is 37.3 Å². The maximum absolute atomic E-state index is 12.1. The van der Waals surface area contributed by atoms with E-state index in [2.05, 4.69) is 20.9 Å². The number of amides is 2. The number of halogens is 1. The number of likely N-dealkylation sites (tertiary alicyclic amines) is 1. The SMILES string of the molecule is CCNC(=NCC(=O)Nc1ccccc1)NC1CCN(C(=O)OCC)CC1.I. The molecule has 9 heteroatoms. The normalized spacial score (nSPS) is 14.6. The second kappa shape index (κ2) is 13.2. The van der Waals surface area contributed by atoms with Crippen molar-refractivity contribution in [1.82, 2.24) is 15.5 Å². The van der Waals surface area contributed by atoms with Gasteiger partial charge in [-0.1, -0.05) is 18.2 Å². The van der Waals surface area contributed by atoms with Crippen molar-refractivity contribution in [1.29, 1.82) is 0 Å². The number of aliphatic imine (C=N–C) groups is 1. The van der Waals surface area contributed by atoms with Crippen LogP contribution in [0, 0.1) is 0 Å². The van der Waals surface area contributed by atoms with Gasteiger partial charge in [0.1, 0.15) is 6.54 Å². The van der Waals surface area contributed by atoms with E-state index in [1.165, 1.54) is 0 Å². The van der Waals surface area contributed by atoms with Crippen molar-refractivity contribution in [2.75, 3.05) is 38.1 Å². The lowest BCUT2D eigenvalue weighted by molar-refractivity contribution is -0.114. The van der Waals surface area contributed by atoms with Crippen molar-refractivity contribution >= 4 is 47.6 Å². The number of hydrogen-bond donors (Lipinski definition) is 3. The predicted molar refractivity (Wildman–Crippen MR) is 121 cm³/mol. The molecule has 0 unspecified atom stereocenters. The van der Waals surface area contributed by atoms with Crippen molar-refractivity contribution in [3.05, 3.63) is 30.3 Å². The fourth-order valence-corrected chi connectivity index (χ4v) is 2.81. The largest absolute Gasteiger partial charge is 0.450 e. The highest BCUT2D eigenvalue weighted by Crippen LogP contribution is 2.11. The minimum Gasteiger partial charge on any atom is -0.450 e. The van der Waals surface area contributed by atoms with Crippen molar-refractivity contribution in [3.63, 3.8) is 0 Å². The van der Waals surface area contributed by atoms with Crippen LogP contribution in [-0.2, 0) is 9.53 Å². The number of para-hydroxylation sites is 1. The maximum atomic E-state index is 12.1. The first-order valence-electron chi connectivity index (χ1n) is 9.43. The van der Waals surface area contributed by atoms with Crippen LogP contribution < -0.4 is 16.0 Å². The summed E-state index contributed by atoms with van der Waals surface area (Å²) in [5.41, 5.74) is 0.752. The fraction of sp³-hybridized carbons (Fsp3) is 0.526. The number of nitrogens with one attached hydrogen (secondary N) is 3. The Morgan fingerprint density at radius 3 is 2.46 bits per heavy atom. The molecule has 0 bridgehead atoms.